The minimum Gasteiger partial charge on any atom is -0.460 e. The molecule has 1 aliphatic rings. The number of esters is 1. The van der Waals surface area contributed by atoms with Crippen LogP contribution in [0.25, 0.3) is 0 Å². The maximum Gasteiger partial charge on any atom is 0.329 e. The molecule has 5 amide bonds. The molecule has 1 saturated heterocycles. The van der Waals surface area contributed by atoms with Crippen molar-refractivity contribution in [3.8, 4) is 0 Å². The molecule has 1 rings (SSSR count). The minimum atomic E-state index is -1.02. The maximum absolute atomic E-state index is 13.2. The highest BCUT2D eigenvalue weighted by Gasteiger charge is 2.33. The van der Waals surface area contributed by atoms with Gasteiger partial charge in [0.05, 0.1) is 13.0 Å². The number of hydrogen-bond donors (Lipinski definition) is 5. The summed E-state index contributed by atoms with van der Waals surface area (Å²) in [5.74, 6) is -4.07. The predicted octanol–water partition coefficient (Wildman–Crippen LogP) is 0.926. The summed E-state index contributed by atoms with van der Waals surface area (Å²) in [6.45, 7) is 13.9. The molecule has 1 fully saturated rings. The van der Waals surface area contributed by atoms with Gasteiger partial charge in [-0.3, -0.25) is 24.0 Å². The summed E-state index contributed by atoms with van der Waals surface area (Å²) >= 11 is 0. The highest BCUT2D eigenvalue weighted by atomic mass is 16.5. The lowest BCUT2D eigenvalue weighted by Gasteiger charge is -2.27. The van der Waals surface area contributed by atoms with Crippen LogP contribution in [0, 0.1) is 17.8 Å². The first kappa shape index (κ1) is 34.8. The molecule has 5 N–H and O–H groups in total. The van der Waals surface area contributed by atoms with Crippen LogP contribution in [0.3, 0.4) is 0 Å². The fourth-order valence-electron chi connectivity index (χ4n) is 4.21. The Morgan fingerprint density at radius 3 is 1.95 bits per heavy atom. The molecule has 0 aromatic heterocycles. The van der Waals surface area contributed by atoms with E-state index in [1.54, 1.807) is 27.7 Å². The third-order valence-corrected chi connectivity index (χ3v) is 6.60. The maximum atomic E-state index is 13.2. The zero-order chi connectivity index (χ0) is 30.6. The molecule has 0 aliphatic carbocycles. The minimum absolute atomic E-state index is 0.0323. The second-order valence-corrected chi connectivity index (χ2v) is 11.6. The molecular formula is C28H49N5O7. The smallest absolute Gasteiger partial charge is 0.329 e. The summed E-state index contributed by atoms with van der Waals surface area (Å²) in [4.78, 5) is 77.7. The number of cyclic esters (lactones) is 1. The molecule has 228 valence electrons. The fraction of sp³-hybridized carbons (Fsp3) is 0.786. The number of amides is 5. The van der Waals surface area contributed by atoms with Crippen molar-refractivity contribution in [3.05, 3.63) is 0 Å². The zero-order valence-electron chi connectivity index (χ0n) is 25.2. The Labute approximate surface area is 237 Å². The number of unbranched alkanes of at least 4 members (excludes halogenated alkanes) is 1. The molecule has 0 spiro atoms. The summed E-state index contributed by atoms with van der Waals surface area (Å²) < 4.78 is 5.66. The van der Waals surface area contributed by atoms with Crippen LogP contribution in [0.4, 0.5) is 0 Å². The van der Waals surface area contributed by atoms with Gasteiger partial charge in [0.2, 0.25) is 29.5 Å². The predicted molar refractivity (Wildman–Crippen MR) is 150 cm³/mol. The third kappa shape index (κ3) is 11.9. The highest BCUT2D eigenvalue weighted by Crippen LogP contribution is 2.14. The largest absolute Gasteiger partial charge is 0.460 e. The van der Waals surface area contributed by atoms with Gasteiger partial charge in [0.1, 0.15) is 30.3 Å². The second kappa shape index (κ2) is 16.8. The average molecular weight is 568 g/mol. The number of ether oxygens (including phenoxy) is 1. The summed E-state index contributed by atoms with van der Waals surface area (Å²) in [6.07, 6.45) is 1.33. The van der Waals surface area contributed by atoms with Crippen molar-refractivity contribution in [2.45, 2.75) is 118 Å². The SMILES string of the molecule is CCCCC1CC(=O)NCC(=O)NC(C(C)C)C(=O)NC(CC(C)C)C(=O)NC(C)C(=O)NC(C(C)C)C(=O)O1. The van der Waals surface area contributed by atoms with Crippen LogP contribution < -0.4 is 26.6 Å². The van der Waals surface area contributed by atoms with Crippen LogP contribution in [0.2, 0.25) is 0 Å². The van der Waals surface area contributed by atoms with Crippen LogP contribution in [-0.2, 0) is 33.5 Å². The average Bonchev–Trinajstić information content (AvgIpc) is 2.85. The topological polar surface area (TPSA) is 172 Å². The van der Waals surface area contributed by atoms with Gasteiger partial charge in [-0.05, 0) is 37.5 Å². The fourth-order valence-corrected chi connectivity index (χ4v) is 4.21. The number of hydrogen-bond acceptors (Lipinski definition) is 7. The Bertz CT molecular complexity index is 905. The lowest BCUT2D eigenvalue weighted by Crippen LogP contribution is -2.58. The van der Waals surface area contributed by atoms with E-state index in [1.807, 2.05) is 20.8 Å². The standard InChI is InChI=1S/C28H49N5O7/c1-9-10-11-19-13-21(34)29-14-22(35)32-23(16(4)5)27(38)31-20(12-15(2)3)26(37)30-18(8)25(36)33-24(17(6)7)28(39)40-19/h15-20,23-24H,9-14H2,1-8H3,(H,29,34)(H,30,37)(H,31,38)(H,32,35)(H,33,36). The van der Waals surface area contributed by atoms with Gasteiger partial charge in [-0.2, -0.15) is 0 Å². The van der Waals surface area contributed by atoms with Gasteiger partial charge >= 0.3 is 5.97 Å². The van der Waals surface area contributed by atoms with E-state index in [0.717, 1.165) is 6.42 Å². The Balaban J connectivity index is 3.35. The molecule has 5 unspecified atom stereocenters. The van der Waals surface area contributed by atoms with Crippen molar-refractivity contribution in [1.29, 1.82) is 0 Å². The molecule has 0 bridgehead atoms. The van der Waals surface area contributed by atoms with E-state index in [2.05, 4.69) is 26.6 Å². The number of nitrogens with one attached hydrogen (secondary N) is 5. The van der Waals surface area contributed by atoms with Crippen LogP contribution in [0.5, 0.6) is 0 Å². The molecule has 40 heavy (non-hydrogen) atoms. The molecule has 0 radical (unpaired) electrons. The zero-order valence-corrected chi connectivity index (χ0v) is 25.2. The van der Waals surface area contributed by atoms with Crippen LogP contribution in [-0.4, -0.2) is 72.3 Å². The lowest BCUT2D eigenvalue weighted by molar-refractivity contribution is -0.156. The second-order valence-electron chi connectivity index (χ2n) is 11.6. The van der Waals surface area contributed by atoms with Gasteiger partial charge in [0.25, 0.3) is 0 Å². The van der Waals surface area contributed by atoms with Crippen LogP contribution in [0.1, 0.15) is 87.5 Å². The van der Waals surface area contributed by atoms with Crippen molar-refractivity contribution in [2.75, 3.05) is 6.54 Å². The van der Waals surface area contributed by atoms with Crippen LogP contribution >= 0.6 is 0 Å². The molecule has 1 heterocycles. The summed E-state index contributed by atoms with van der Waals surface area (Å²) in [6, 6.07) is -3.95. The third-order valence-electron chi connectivity index (χ3n) is 6.60. The van der Waals surface area contributed by atoms with Gasteiger partial charge in [0.15, 0.2) is 0 Å². The van der Waals surface area contributed by atoms with E-state index >= 15 is 0 Å². The van der Waals surface area contributed by atoms with Crippen molar-refractivity contribution in [2.24, 2.45) is 17.8 Å². The lowest BCUT2D eigenvalue weighted by atomic mass is 9.99. The van der Waals surface area contributed by atoms with E-state index < -0.39 is 65.8 Å². The quantitative estimate of drug-likeness (QED) is 0.285. The Hall–Kier alpha value is -3.18. The molecule has 0 aromatic rings. The molecule has 12 nitrogen and oxygen atoms in total. The van der Waals surface area contributed by atoms with Gasteiger partial charge in [0, 0.05) is 0 Å². The highest BCUT2D eigenvalue weighted by molar-refractivity contribution is 5.95. The van der Waals surface area contributed by atoms with E-state index in [-0.39, 0.29) is 30.7 Å². The summed E-state index contributed by atoms with van der Waals surface area (Å²) in [5.41, 5.74) is 0. The molecule has 0 saturated carbocycles. The normalized spacial score (nSPS) is 26.6. The molecule has 12 heteroatoms. The summed E-state index contributed by atoms with van der Waals surface area (Å²) in [5, 5.41) is 13.2. The first-order valence-electron chi connectivity index (χ1n) is 14.3. The van der Waals surface area contributed by atoms with Gasteiger partial charge in [-0.1, -0.05) is 61.3 Å². The number of carbonyl (C=O) groups is 6. The van der Waals surface area contributed by atoms with Gasteiger partial charge < -0.3 is 31.3 Å². The van der Waals surface area contributed by atoms with E-state index in [0.29, 0.717) is 19.3 Å². The first-order valence-corrected chi connectivity index (χ1v) is 14.3. The van der Waals surface area contributed by atoms with Gasteiger partial charge in [-0.25, -0.2) is 4.79 Å². The van der Waals surface area contributed by atoms with Crippen LogP contribution in [0.15, 0.2) is 0 Å². The Morgan fingerprint density at radius 1 is 0.775 bits per heavy atom. The van der Waals surface area contributed by atoms with E-state index in [9.17, 15) is 28.8 Å². The van der Waals surface area contributed by atoms with E-state index in [4.69, 9.17) is 4.74 Å². The molecular weight excluding hydrogens is 518 g/mol. The van der Waals surface area contributed by atoms with Crippen molar-refractivity contribution in [1.82, 2.24) is 26.6 Å². The Kier molecular flexibility index (Phi) is 14.6. The number of carbonyl (C=O) groups excluding carboxylic acids is 6. The monoisotopic (exact) mass is 567 g/mol. The Morgan fingerprint density at radius 2 is 1.40 bits per heavy atom. The van der Waals surface area contributed by atoms with Crippen molar-refractivity contribution < 1.29 is 33.5 Å². The molecule has 1 aliphatic heterocycles. The van der Waals surface area contributed by atoms with E-state index in [1.165, 1.54) is 6.92 Å². The van der Waals surface area contributed by atoms with Crippen molar-refractivity contribution in [3.63, 3.8) is 0 Å². The number of rotatable bonds is 7. The molecule has 5 atom stereocenters. The first-order chi connectivity index (χ1) is 18.7. The summed E-state index contributed by atoms with van der Waals surface area (Å²) in [7, 11) is 0. The van der Waals surface area contributed by atoms with Crippen molar-refractivity contribution >= 4 is 35.5 Å². The molecule has 0 aromatic carbocycles. The van der Waals surface area contributed by atoms with Gasteiger partial charge in [-0.15, -0.1) is 0 Å².